The summed E-state index contributed by atoms with van der Waals surface area (Å²) in [5, 5.41) is 0. The quantitative estimate of drug-likeness (QED) is 0.719. The van der Waals surface area contributed by atoms with E-state index in [9.17, 15) is 4.79 Å². The Balaban J connectivity index is 1.65. The lowest BCUT2D eigenvalue weighted by Crippen LogP contribution is -2.40. The zero-order chi connectivity index (χ0) is 22.1. The molecule has 3 unspecified atom stereocenters. The molecule has 4 rings (SSSR count). The van der Waals surface area contributed by atoms with Gasteiger partial charge in [-0.3, -0.25) is 4.79 Å². The third kappa shape index (κ3) is 4.18. The Bertz CT molecular complexity index is 942. The number of piperidine rings is 1. The van der Waals surface area contributed by atoms with Crippen molar-refractivity contribution in [2.75, 3.05) is 39.3 Å². The highest BCUT2D eigenvalue weighted by Crippen LogP contribution is 2.42. The van der Waals surface area contributed by atoms with Crippen LogP contribution in [0, 0.1) is 11.8 Å². The molecule has 3 atom stereocenters. The fraction of sp³-hybridized carbons (Fsp3) is 0.542. The first kappa shape index (κ1) is 21.4. The topological polar surface area (TPSA) is 73.8 Å². The Morgan fingerprint density at radius 2 is 1.61 bits per heavy atom. The van der Waals surface area contributed by atoms with Gasteiger partial charge in [-0.1, -0.05) is 13.8 Å². The number of ketones is 1. The van der Waals surface area contributed by atoms with E-state index in [2.05, 4.69) is 23.7 Å². The van der Waals surface area contributed by atoms with Crippen molar-refractivity contribution < 1.29 is 19.0 Å². The largest absolute Gasteiger partial charge is 0.493 e. The Labute approximate surface area is 183 Å². The molecule has 0 spiro atoms. The van der Waals surface area contributed by atoms with Crippen LogP contribution in [0.25, 0.3) is 0 Å². The number of carbonyl (C=O) groups excluding carboxylic acids is 1. The average molecular weight is 426 g/mol. The molecule has 1 aliphatic carbocycles. The predicted molar refractivity (Wildman–Crippen MR) is 119 cm³/mol. The number of carbonyl (C=O) groups is 1. The molecule has 0 amide bonds. The van der Waals surface area contributed by atoms with Gasteiger partial charge in [0.05, 0.1) is 32.6 Å². The molecule has 31 heavy (non-hydrogen) atoms. The highest BCUT2D eigenvalue weighted by molar-refractivity contribution is 5.98. The summed E-state index contributed by atoms with van der Waals surface area (Å²) in [7, 11) is 4.78. The zero-order valence-electron chi connectivity index (χ0n) is 19.0. The van der Waals surface area contributed by atoms with Crippen molar-refractivity contribution in [3.8, 4) is 17.2 Å². The molecule has 1 aromatic carbocycles. The van der Waals surface area contributed by atoms with Gasteiger partial charge >= 0.3 is 0 Å². The van der Waals surface area contributed by atoms with Gasteiger partial charge in [-0.15, -0.1) is 0 Å². The summed E-state index contributed by atoms with van der Waals surface area (Å²) in [5.41, 5.74) is 2.45. The number of hydrogen-bond donors (Lipinski definition) is 0. The fourth-order valence-electron chi connectivity index (χ4n) is 4.99. The molecule has 2 aliphatic rings. The molecule has 1 aromatic heterocycles. The standard InChI is InChI=1S/C24H31N3O4/c1-14-6-15(2)13-27(12-14)24-25-11-18-19(26-24)7-16(8-20(18)28)17-9-21(29-3)23(31-5)22(10-17)30-4/h9-11,14-16H,6-8,12-13H2,1-5H3. The molecule has 1 fully saturated rings. The minimum atomic E-state index is -0.00402. The second-order valence-electron chi connectivity index (χ2n) is 8.87. The lowest BCUT2D eigenvalue weighted by atomic mass is 9.82. The highest BCUT2D eigenvalue weighted by Gasteiger charge is 2.31. The number of fused-ring (bicyclic) bond motifs is 1. The lowest BCUT2D eigenvalue weighted by Gasteiger charge is -2.35. The molecular weight excluding hydrogens is 394 g/mol. The summed E-state index contributed by atoms with van der Waals surface area (Å²) in [6.45, 7) is 6.44. The Morgan fingerprint density at radius 1 is 0.968 bits per heavy atom. The Morgan fingerprint density at radius 3 is 2.19 bits per heavy atom. The van der Waals surface area contributed by atoms with Gasteiger partial charge in [0.25, 0.3) is 0 Å². The zero-order valence-corrected chi connectivity index (χ0v) is 19.0. The third-order valence-electron chi connectivity index (χ3n) is 6.34. The molecule has 2 aromatic rings. The number of methoxy groups -OCH3 is 3. The molecule has 166 valence electrons. The van der Waals surface area contributed by atoms with E-state index in [1.165, 1.54) is 6.42 Å². The van der Waals surface area contributed by atoms with Crippen LogP contribution in [0.1, 0.15) is 54.2 Å². The van der Waals surface area contributed by atoms with Crippen LogP contribution >= 0.6 is 0 Å². The van der Waals surface area contributed by atoms with Gasteiger partial charge in [0, 0.05) is 25.7 Å². The van der Waals surface area contributed by atoms with Crippen molar-refractivity contribution in [3.63, 3.8) is 0 Å². The van der Waals surface area contributed by atoms with Gasteiger partial charge < -0.3 is 19.1 Å². The van der Waals surface area contributed by atoms with E-state index in [0.717, 1.165) is 30.3 Å². The van der Waals surface area contributed by atoms with Crippen LogP contribution in [0.3, 0.4) is 0 Å². The van der Waals surface area contributed by atoms with Crippen molar-refractivity contribution in [3.05, 3.63) is 35.2 Å². The second-order valence-corrected chi connectivity index (χ2v) is 8.87. The van der Waals surface area contributed by atoms with Crippen molar-refractivity contribution in [1.82, 2.24) is 9.97 Å². The molecule has 7 heteroatoms. The SMILES string of the molecule is COc1cc(C2CC(=O)c3cnc(N4CC(C)CC(C)C4)nc3C2)cc(OC)c1OC. The first-order valence-electron chi connectivity index (χ1n) is 10.9. The molecule has 0 bridgehead atoms. The number of rotatable bonds is 5. The van der Waals surface area contributed by atoms with E-state index in [-0.39, 0.29) is 11.7 Å². The average Bonchev–Trinajstić information content (AvgIpc) is 2.76. The molecule has 7 nitrogen and oxygen atoms in total. The van der Waals surface area contributed by atoms with Crippen LogP contribution < -0.4 is 19.1 Å². The van der Waals surface area contributed by atoms with Crippen LogP contribution in [0.2, 0.25) is 0 Å². The third-order valence-corrected chi connectivity index (χ3v) is 6.34. The maximum atomic E-state index is 12.9. The number of Topliss-reactive ketones (excluding diaryl/α,β-unsaturated/α-hetero) is 1. The lowest BCUT2D eigenvalue weighted by molar-refractivity contribution is 0.0962. The maximum Gasteiger partial charge on any atom is 0.225 e. The van der Waals surface area contributed by atoms with Gasteiger partial charge in [0.2, 0.25) is 11.7 Å². The minimum absolute atomic E-state index is 0.00402. The number of ether oxygens (including phenoxy) is 3. The van der Waals surface area contributed by atoms with Crippen LogP contribution in [0.4, 0.5) is 5.95 Å². The number of aromatic nitrogens is 2. The summed E-state index contributed by atoms with van der Waals surface area (Å²) in [6, 6.07) is 3.86. The Hall–Kier alpha value is -2.83. The summed E-state index contributed by atoms with van der Waals surface area (Å²) < 4.78 is 16.4. The van der Waals surface area contributed by atoms with E-state index < -0.39 is 0 Å². The van der Waals surface area contributed by atoms with Crippen LogP contribution in [-0.4, -0.2) is 50.2 Å². The van der Waals surface area contributed by atoms with E-state index in [1.807, 2.05) is 12.1 Å². The predicted octanol–water partition coefficient (Wildman–Crippen LogP) is 3.90. The minimum Gasteiger partial charge on any atom is -0.493 e. The molecule has 1 aliphatic heterocycles. The first-order valence-corrected chi connectivity index (χ1v) is 10.9. The van der Waals surface area contributed by atoms with Gasteiger partial charge in [-0.05, 0) is 48.3 Å². The number of hydrogen-bond acceptors (Lipinski definition) is 7. The van der Waals surface area contributed by atoms with Crippen molar-refractivity contribution >= 4 is 11.7 Å². The number of benzene rings is 1. The molecule has 2 heterocycles. The van der Waals surface area contributed by atoms with Crippen molar-refractivity contribution in [1.29, 1.82) is 0 Å². The van der Waals surface area contributed by atoms with Crippen LogP contribution in [0.15, 0.2) is 18.3 Å². The molecule has 0 saturated carbocycles. The Kier molecular flexibility index (Phi) is 6.03. The van der Waals surface area contributed by atoms with Crippen molar-refractivity contribution in [2.24, 2.45) is 11.8 Å². The van der Waals surface area contributed by atoms with Crippen LogP contribution in [-0.2, 0) is 6.42 Å². The van der Waals surface area contributed by atoms with Crippen LogP contribution in [0.5, 0.6) is 17.2 Å². The van der Waals surface area contributed by atoms with E-state index >= 15 is 0 Å². The van der Waals surface area contributed by atoms with Crippen molar-refractivity contribution in [2.45, 2.75) is 39.0 Å². The second kappa shape index (κ2) is 8.73. The monoisotopic (exact) mass is 425 g/mol. The van der Waals surface area contributed by atoms with Gasteiger partial charge in [-0.2, -0.15) is 0 Å². The first-order chi connectivity index (χ1) is 14.9. The smallest absolute Gasteiger partial charge is 0.225 e. The van der Waals surface area contributed by atoms with E-state index in [1.54, 1.807) is 27.5 Å². The summed E-state index contributed by atoms with van der Waals surface area (Å²) >= 11 is 0. The molecule has 1 saturated heterocycles. The normalized spacial score (nSPS) is 23.3. The summed E-state index contributed by atoms with van der Waals surface area (Å²) in [5.74, 6) is 3.76. The molecule has 0 N–H and O–H groups in total. The number of anilines is 1. The summed E-state index contributed by atoms with van der Waals surface area (Å²) in [6.07, 6.45) is 4.03. The van der Waals surface area contributed by atoms with E-state index in [0.29, 0.717) is 47.5 Å². The van der Waals surface area contributed by atoms with Gasteiger partial charge in [0.1, 0.15) is 0 Å². The molecule has 0 radical (unpaired) electrons. The maximum absolute atomic E-state index is 12.9. The molecular formula is C24H31N3O4. The highest BCUT2D eigenvalue weighted by atomic mass is 16.5. The fourth-order valence-corrected chi connectivity index (χ4v) is 4.99. The number of nitrogens with zero attached hydrogens (tertiary/aromatic N) is 3. The van der Waals surface area contributed by atoms with E-state index in [4.69, 9.17) is 19.2 Å². The summed E-state index contributed by atoms with van der Waals surface area (Å²) in [4.78, 5) is 24.6. The van der Waals surface area contributed by atoms with Gasteiger partial charge in [0.15, 0.2) is 17.3 Å². The van der Waals surface area contributed by atoms with Gasteiger partial charge in [-0.25, -0.2) is 9.97 Å².